The van der Waals surface area contributed by atoms with E-state index in [0.717, 1.165) is 5.56 Å². The Kier molecular flexibility index (Phi) is 7.02. The average Bonchev–Trinajstić information content (AvgIpc) is 2.64. The fraction of sp³-hybridized carbons (Fsp3) is 0.300. The van der Waals surface area contributed by atoms with Gasteiger partial charge in [-0.3, -0.25) is 9.59 Å². The van der Waals surface area contributed by atoms with Crippen molar-refractivity contribution in [1.82, 2.24) is 0 Å². The summed E-state index contributed by atoms with van der Waals surface area (Å²) in [5, 5.41) is 2.68. The van der Waals surface area contributed by atoms with E-state index in [1.165, 1.54) is 6.92 Å². The lowest BCUT2D eigenvalue weighted by atomic mass is 10.2. The van der Waals surface area contributed by atoms with Gasteiger partial charge in [-0.15, -0.1) is 0 Å². The highest BCUT2D eigenvalue weighted by Gasteiger charge is 2.18. The quantitative estimate of drug-likeness (QED) is 0.734. The molecular formula is C20H23NO5. The van der Waals surface area contributed by atoms with E-state index in [1.807, 2.05) is 31.2 Å². The van der Waals surface area contributed by atoms with Gasteiger partial charge in [0.05, 0.1) is 20.1 Å². The molecule has 0 saturated carbocycles. The smallest absolute Gasteiger partial charge is 0.310 e. The Morgan fingerprint density at radius 2 is 1.62 bits per heavy atom. The lowest BCUT2D eigenvalue weighted by molar-refractivity contribution is -0.153. The first kappa shape index (κ1) is 19.3. The third-order valence-corrected chi connectivity index (χ3v) is 3.63. The van der Waals surface area contributed by atoms with Crippen LogP contribution in [-0.4, -0.2) is 31.7 Å². The molecule has 0 bridgehead atoms. The van der Waals surface area contributed by atoms with Gasteiger partial charge >= 0.3 is 5.97 Å². The van der Waals surface area contributed by atoms with Crippen LogP contribution in [0.15, 0.2) is 48.5 Å². The van der Waals surface area contributed by atoms with Crippen molar-refractivity contribution in [3.05, 3.63) is 54.1 Å². The Morgan fingerprint density at radius 1 is 1.00 bits per heavy atom. The van der Waals surface area contributed by atoms with Crippen LogP contribution in [0.2, 0.25) is 0 Å². The first-order chi connectivity index (χ1) is 12.5. The van der Waals surface area contributed by atoms with Crippen LogP contribution >= 0.6 is 0 Å². The van der Waals surface area contributed by atoms with Gasteiger partial charge in [0.25, 0.3) is 5.91 Å². The van der Waals surface area contributed by atoms with Crippen molar-refractivity contribution in [2.45, 2.75) is 26.4 Å². The summed E-state index contributed by atoms with van der Waals surface area (Å²) < 4.78 is 15.7. The van der Waals surface area contributed by atoms with Gasteiger partial charge in [-0.05, 0) is 50.2 Å². The van der Waals surface area contributed by atoms with Crippen molar-refractivity contribution in [3.8, 4) is 11.5 Å². The molecule has 26 heavy (non-hydrogen) atoms. The van der Waals surface area contributed by atoms with E-state index in [2.05, 4.69) is 5.32 Å². The van der Waals surface area contributed by atoms with E-state index in [4.69, 9.17) is 14.2 Å². The van der Waals surface area contributed by atoms with E-state index < -0.39 is 18.0 Å². The molecule has 1 N–H and O–H groups in total. The SMILES string of the molecule is COc1ccc(NC(=O)[C@H](C)OC(=O)CCOc2ccc(C)cc2)cc1. The molecule has 0 fully saturated rings. The first-order valence-corrected chi connectivity index (χ1v) is 8.32. The number of benzene rings is 2. The van der Waals surface area contributed by atoms with Gasteiger partial charge in [0.15, 0.2) is 6.10 Å². The molecule has 2 rings (SSSR count). The summed E-state index contributed by atoms with van der Waals surface area (Å²) in [6.07, 6.45) is -0.836. The molecule has 1 amide bonds. The molecule has 0 radical (unpaired) electrons. The molecule has 0 aromatic heterocycles. The maximum Gasteiger partial charge on any atom is 0.310 e. The highest BCUT2D eigenvalue weighted by Crippen LogP contribution is 2.15. The Hall–Kier alpha value is -3.02. The molecule has 0 aliphatic carbocycles. The monoisotopic (exact) mass is 357 g/mol. The summed E-state index contributed by atoms with van der Waals surface area (Å²) in [6, 6.07) is 14.4. The number of nitrogens with one attached hydrogen (secondary N) is 1. The standard InChI is InChI=1S/C20H23NO5/c1-14-4-8-18(9-5-14)25-13-12-19(22)26-15(2)20(23)21-16-6-10-17(24-3)11-7-16/h4-11,15H,12-13H2,1-3H3,(H,21,23)/t15-/m0/s1. The van der Waals surface area contributed by atoms with Crippen molar-refractivity contribution in [2.24, 2.45) is 0 Å². The number of methoxy groups -OCH3 is 1. The molecular weight excluding hydrogens is 334 g/mol. The summed E-state index contributed by atoms with van der Waals surface area (Å²) in [6.45, 7) is 3.70. The summed E-state index contributed by atoms with van der Waals surface area (Å²) >= 11 is 0. The molecule has 0 saturated heterocycles. The van der Waals surface area contributed by atoms with E-state index in [9.17, 15) is 9.59 Å². The van der Waals surface area contributed by atoms with Gasteiger partial charge in [-0.25, -0.2) is 0 Å². The normalized spacial score (nSPS) is 11.3. The predicted octanol–water partition coefficient (Wildman–Crippen LogP) is 3.34. The largest absolute Gasteiger partial charge is 0.497 e. The lowest BCUT2D eigenvalue weighted by Gasteiger charge is -2.14. The number of aryl methyl sites for hydroxylation is 1. The van der Waals surface area contributed by atoms with Crippen LogP contribution in [0.5, 0.6) is 11.5 Å². The molecule has 138 valence electrons. The third kappa shape index (κ3) is 6.12. The molecule has 0 aliphatic heterocycles. The summed E-state index contributed by atoms with van der Waals surface area (Å²) in [7, 11) is 1.57. The van der Waals surface area contributed by atoms with E-state index in [0.29, 0.717) is 17.2 Å². The van der Waals surface area contributed by atoms with Crippen LogP contribution in [0.25, 0.3) is 0 Å². The minimum Gasteiger partial charge on any atom is -0.497 e. The van der Waals surface area contributed by atoms with Crippen molar-refractivity contribution in [1.29, 1.82) is 0 Å². The van der Waals surface area contributed by atoms with Crippen LogP contribution in [0.1, 0.15) is 18.9 Å². The number of hydrogen-bond acceptors (Lipinski definition) is 5. The number of anilines is 1. The number of carbonyl (C=O) groups is 2. The second-order valence-corrected chi connectivity index (χ2v) is 5.76. The van der Waals surface area contributed by atoms with Gasteiger partial charge < -0.3 is 19.5 Å². The molecule has 6 heteroatoms. The van der Waals surface area contributed by atoms with Crippen molar-refractivity contribution >= 4 is 17.6 Å². The summed E-state index contributed by atoms with van der Waals surface area (Å²) in [4.78, 5) is 23.9. The molecule has 0 aliphatic rings. The zero-order chi connectivity index (χ0) is 18.9. The molecule has 0 unspecified atom stereocenters. The number of carbonyl (C=O) groups excluding carboxylic acids is 2. The minimum atomic E-state index is -0.899. The van der Waals surface area contributed by atoms with Gasteiger partial charge in [-0.2, -0.15) is 0 Å². The van der Waals surface area contributed by atoms with Gasteiger partial charge in [0, 0.05) is 5.69 Å². The Bertz CT molecular complexity index is 725. The first-order valence-electron chi connectivity index (χ1n) is 8.32. The number of esters is 1. The maximum absolute atomic E-state index is 12.1. The third-order valence-electron chi connectivity index (χ3n) is 3.63. The van der Waals surface area contributed by atoms with Gasteiger partial charge in [0.2, 0.25) is 0 Å². The van der Waals surface area contributed by atoms with Crippen LogP contribution in [0.3, 0.4) is 0 Å². The van der Waals surface area contributed by atoms with Crippen LogP contribution in [0, 0.1) is 6.92 Å². The van der Waals surface area contributed by atoms with Crippen LogP contribution in [-0.2, 0) is 14.3 Å². The summed E-state index contributed by atoms with van der Waals surface area (Å²) in [5.74, 6) is 0.488. The zero-order valence-electron chi connectivity index (χ0n) is 15.2. The maximum atomic E-state index is 12.1. The Labute approximate surface area is 153 Å². The number of amides is 1. The summed E-state index contributed by atoms with van der Waals surface area (Å²) in [5.41, 5.74) is 1.73. The number of hydrogen-bond donors (Lipinski definition) is 1. The zero-order valence-corrected chi connectivity index (χ0v) is 15.2. The van der Waals surface area contributed by atoms with Crippen LogP contribution < -0.4 is 14.8 Å². The minimum absolute atomic E-state index is 0.0635. The lowest BCUT2D eigenvalue weighted by Crippen LogP contribution is -2.30. The van der Waals surface area contributed by atoms with Crippen molar-refractivity contribution in [2.75, 3.05) is 19.0 Å². The number of ether oxygens (including phenoxy) is 3. The second-order valence-electron chi connectivity index (χ2n) is 5.76. The van der Waals surface area contributed by atoms with Crippen LogP contribution in [0.4, 0.5) is 5.69 Å². The Morgan fingerprint density at radius 3 is 2.23 bits per heavy atom. The molecule has 0 heterocycles. The highest BCUT2D eigenvalue weighted by atomic mass is 16.5. The Balaban J connectivity index is 1.72. The topological polar surface area (TPSA) is 73.9 Å². The molecule has 1 atom stereocenters. The van der Waals surface area contributed by atoms with E-state index in [1.54, 1.807) is 31.4 Å². The van der Waals surface area contributed by atoms with Gasteiger partial charge in [-0.1, -0.05) is 17.7 Å². The predicted molar refractivity (Wildman–Crippen MR) is 98.5 cm³/mol. The van der Waals surface area contributed by atoms with Gasteiger partial charge in [0.1, 0.15) is 11.5 Å². The molecule has 2 aromatic carbocycles. The average molecular weight is 357 g/mol. The second kappa shape index (κ2) is 9.46. The van der Waals surface area contributed by atoms with Crippen molar-refractivity contribution < 1.29 is 23.8 Å². The van der Waals surface area contributed by atoms with E-state index >= 15 is 0 Å². The molecule has 0 spiro atoms. The molecule has 2 aromatic rings. The van der Waals surface area contributed by atoms with Crippen molar-refractivity contribution in [3.63, 3.8) is 0 Å². The molecule has 6 nitrogen and oxygen atoms in total. The fourth-order valence-electron chi connectivity index (χ4n) is 2.11. The van der Waals surface area contributed by atoms with E-state index in [-0.39, 0.29) is 13.0 Å². The fourth-order valence-corrected chi connectivity index (χ4v) is 2.11. The highest BCUT2D eigenvalue weighted by molar-refractivity contribution is 5.95. The number of rotatable bonds is 8.